The summed E-state index contributed by atoms with van der Waals surface area (Å²) in [5.41, 5.74) is 9.71. The third-order valence-electron chi connectivity index (χ3n) is 9.73. The lowest BCUT2D eigenvalue weighted by molar-refractivity contribution is 0.181. The van der Waals surface area contributed by atoms with Crippen molar-refractivity contribution in [1.82, 2.24) is 10.2 Å². The van der Waals surface area contributed by atoms with Crippen LogP contribution in [0.25, 0.3) is 11.1 Å². The molecule has 1 aliphatic carbocycles. The average molecular weight is 658 g/mol. The summed E-state index contributed by atoms with van der Waals surface area (Å²) >= 11 is 0. The molecular formula is C37H47N5O4S. The Kier molecular flexibility index (Phi) is 9.73. The van der Waals surface area contributed by atoms with Crippen molar-refractivity contribution >= 4 is 27.4 Å². The Morgan fingerprint density at radius 1 is 0.979 bits per heavy atom. The molecule has 1 saturated carbocycles. The fourth-order valence-corrected chi connectivity index (χ4v) is 7.93. The maximum absolute atomic E-state index is 14.0. The number of hydrogen-bond acceptors (Lipinski definition) is 7. The number of anilines is 1. The van der Waals surface area contributed by atoms with Crippen LogP contribution < -0.4 is 20.7 Å². The van der Waals surface area contributed by atoms with Crippen molar-refractivity contribution in [2.45, 2.75) is 88.4 Å². The number of aliphatic imine (C=N–C) groups is 1. The van der Waals surface area contributed by atoms with Crippen LogP contribution in [0.4, 0.5) is 10.5 Å². The number of piperidine rings is 1. The van der Waals surface area contributed by atoms with Gasteiger partial charge in [-0.05, 0) is 74.4 Å². The Morgan fingerprint density at radius 3 is 2.36 bits per heavy atom. The minimum absolute atomic E-state index is 0.117. The van der Waals surface area contributed by atoms with E-state index < -0.39 is 20.8 Å². The standard InChI is InChI=1S/C37H47N5O4S/c1-26(2)46-31-13-9-10-27(24-31)25-41-22-20-37(21-23-41)35(39-30-11-5-4-6-12-30)40-36(43)42(37)33-15-8-7-14-32(33)28-16-18-29(19-17-28)34(38)47(3,44)45/h7-10,13-19,24,26,30,34H,4-6,11-12,20-23,25,38H2,1-3H3,(H,39,40,43). The third-order valence-corrected chi connectivity index (χ3v) is 10.9. The number of carbonyl (C=O) groups is 1. The summed E-state index contributed by atoms with van der Waals surface area (Å²) in [5, 5.41) is 2.68. The highest BCUT2D eigenvalue weighted by molar-refractivity contribution is 7.90. The second kappa shape index (κ2) is 13.8. The van der Waals surface area contributed by atoms with Crippen molar-refractivity contribution in [1.29, 1.82) is 0 Å². The maximum atomic E-state index is 14.0. The summed E-state index contributed by atoms with van der Waals surface area (Å²) in [4.78, 5) is 23.1. The first-order valence-corrected chi connectivity index (χ1v) is 18.8. The van der Waals surface area contributed by atoms with Crippen LogP contribution in [-0.4, -0.2) is 62.2 Å². The molecule has 1 unspecified atom stereocenters. The number of amidine groups is 1. The van der Waals surface area contributed by atoms with Crippen LogP contribution in [0.1, 0.15) is 75.3 Å². The topological polar surface area (TPSA) is 117 Å². The van der Waals surface area contributed by atoms with E-state index in [1.165, 1.54) is 24.8 Å². The van der Waals surface area contributed by atoms with Gasteiger partial charge in [-0.2, -0.15) is 4.99 Å². The van der Waals surface area contributed by atoms with Gasteiger partial charge in [-0.15, -0.1) is 0 Å². The number of amides is 2. The van der Waals surface area contributed by atoms with Crippen LogP contribution >= 0.6 is 0 Å². The summed E-state index contributed by atoms with van der Waals surface area (Å²) in [6.45, 7) is 6.50. The van der Waals surface area contributed by atoms with E-state index in [9.17, 15) is 13.2 Å². The lowest BCUT2D eigenvalue weighted by Gasteiger charge is -2.46. The number of ether oxygens (including phenoxy) is 1. The summed E-state index contributed by atoms with van der Waals surface area (Å²) in [7, 11) is -3.44. The fourth-order valence-electron chi connectivity index (χ4n) is 7.28. The molecule has 250 valence electrons. The number of benzene rings is 3. The van der Waals surface area contributed by atoms with Gasteiger partial charge < -0.3 is 15.8 Å². The predicted molar refractivity (Wildman–Crippen MR) is 188 cm³/mol. The SMILES string of the molecule is CC(C)Oc1cccc(CN2CCC3(CC2)C(NC2CCCCC2)=NC(=O)N3c2ccccc2-c2ccc(C(N)S(C)(=O)=O)cc2)c1. The summed E-state index contributed by atoms with van der Waals surface area (Å²) in [6, 6.07) is 23.6. The van der Waals surface area contributed by atoms with Gasteiger partial charge in [0.05, 0.1) is 11.8 Å². The molecule has 1 spiro atoms. The molecule has 1 atom stereocenters. The Bertz CT molecular complexity index is 1710. The molecule has 2 heterocycles. The molecule has 0 radical (unpaired) electrons. The van der Waals surface area contributed by atoms with Gasteiger partial charge in [0.2, 0.25) is 0 Å². The number of para-hydroxylation sites is 1. The van der Waals surface area contributed by atoms with Gasteiger partial charge in [0.25, 0.3) is 0 Å². The molecule has 47 heavy (non-hydrogen) atoms. The quantitative estimate of drug-likeness (QED) is 0.272. The molecule has 0 aromatic heterocycles. The number of carbonyl (C=O) groups excluding carboxylic acids is 1. The highest BCUT2D eigenvalue weighted by atomic mass is 32.2. The summed E-state index contributed by atoms with van der Waals surface area (Å²) in [6.07, 6.45) is 8.54. The zero-order valence-electron chi connectivity index (χ0n) is 27.7. The van der Waals surface area contributed by atoms with Crippen LogP contribution in [0.2, 0.25) is 0 Å². The van der Waals surface area contributed by atoms with E-state index in [2.05, 4.69) is 22.3 Å². The van der Waals surface area contributed by atoms with Crippen LogP contribution in [0.15, 0.2) is 77.8 Å². The highest BCUT2D eigenvalue weighted by Crippen LogP contribution is 2.43. The molecule has 3 aliphatic rings. The number of urea groups is 1. The summed E-state index contributed by atoms with van der Waals surface area (Å²) in [5.74, 6) is 1.68. The zero-order chi connectivity index (χ0) is 33.2. The molecule has 10 heteroatoms. The first-order valence-electron chi connectivity index (χ1n) is 16.9. The number of rotatable bonds is 9. The van der Waals surface area contributed by atoms with Crippen LogP contribution in [0, 0.1) is 0 Å². The van der Waals surface area contributed by atoms with Gasteiger partial charge in [0, 0.05) is 37.5 Å². The van der Waals surface area contributed by atoms with Gasteiger partial charge >= 0.3 is 6.03 Å². The van der Waals surface area contributed by atoms with Gasteiger partial charge in [-0.3, -0.25) is 9.80 Å². The molecule has 3 aromatic carbocycles. The van der Waals surface area contributed by atoms with Crippen molar-refractivity contribution in [3.05, 3.63) is 83.9 Å². The zero-order valence-corrected chi connectivity index (χ0v) is 28.5. The van der Waals surface area contributed by atoms with Crippen LogP contribution in [0.5, 0.6) is 5.75 Å². The third kappa shape index (κ3) is 7.24. The van der Waals surface area contributed by atoms with Gasteiger partial charge in [-0.25, -0.2) is 13.2 Å². The molecule has 2 fully saturated rings. The molecule has 9 nitrogen and oxygen atoms in total. The van der Waals surface area contributed by atoms with Crippen molar-refractivity contribution in [3.63, 3.8) is 0 Å². The lowest BCUT2D eigenvalue weighted by Crippen LogP contribution is -2.62. The molecule has 3 N–H and O–H groups in total. The number of nitrogens with one attached hydrogen (secondary N) is 1. The minimum Gasteiger partial charge on any atom is -0.491 e. The van der Waals surface area contributed by atoms with E-state index in [-0.39, 0.29) is 12.1 Å². The van der Waals surface area contributed by atoms with E-state index in [0.29, 0.717) is 11.6 Å². The van der Waals surface area contributed by atoms with Crippen molar-refractivity contribution in [2.24, 2.45) is 10.7 Å². The Morgan fingerprint density at radius 2 is 1.68 bits per heavy atom. The Balaban J connectivity index is 1.30. The average Bonchev–Trinajstić information content (AvgIpc) is 3.31. The second-order valence-electron chi connectivity index (χ2n) is 13.6. The van der Waals surface area contributed by atoms with Crippen molar-refractivity contribution < 1.29 is 17.9 Å². The number of hydrogen-bond donors (Lipinski definition) is 2. The smallest absolute Gasteiger partial charge is 0.350 e. The minimum atomic E-state index is -3.44. The number of likely N-dealkylation sites (tertiary alicyclic amines) is 1. The second-order valence-corrected chi connectivity index (χ2v) is 15.7. The van der Waals surface area contributed by atoms with Crippen LogP contribution in [-0.2, 0) is 16.4 Å². The normalized spacial score (nSPS) is 19.6. The number of sulfone groups is 1. The molecule has 6 rings (SSSR count). The highest BCUT2D eigenvalue weighted by Gasteiger charge is 2.52. The van der Waals surface area contributed by atoms with E-state index in [4.69, 9.17) is 15.5 Å². The molecular weight excluding hydrogens is 611 g/mol. The van der Waals surface area contributed by atoms with Crippen molar-refractivity contribution in [2.75, 3.05) is 24.2 Å². The first kappa shape index (κ1) is 33.2. The van der Waals surface area contributed by atoms with Gasteiger partial charge in [-0.1, -0.05) is 73.9 Å². The largest absolute Gasteiger partial charge is 0.491 e. The molecule has 0 bridgehead atoms. The Labute approximate surface area is 279 Å². The Hall–Kier alpha value is -3.73. The lowest BCUT2D eigenvalue weighted by atomic mass is 9.83. The molecule has 1 saturated heterocycles. The van der Waals surface area contributed by atoms with Gasteiger partial charge in [0.1, 0.15) is 22.5 Å². The monoisotopic (exact) mass is 657 g/mol. The predicted octanol–water partition coefficient (Wildman–Crippen LogP) is 6.44. The number of nitrogens with zero attached hydrogens (tertiary/aromatic N) is 3. The van der Waals surface area contributed by atoms with Crippen LogP contribution in [0.3, 0.4) is 0 Å². The molecule has 2 amide bonds. The van der Waals surface area contributed by atoms with E-state index >= 15 is 0 Å². The van der Waals surface area contributed by atoms with E-state index in [1.807, 2.05) is 67.3 Å². The first-order chi connectivity index (χ1) is 22.5. The van der Waals surface area contributed by atoms with Gasteiger partial charge in [0.15, 0.2) is 9.84 Å². The summed E-state index contributed by atoms with van der Waals surface area (Å²) < 4.78 is 30.1. The van der Waals surface area contributed by atoms with E-state index in [0.717, 1.165) is 80.0 Å². The maximum Gasteiger partial charge on any atom is 0.350 e. The van der Waals surface area contributed by atoms with E-state index in [1.54, 1.807) is 12.1 Å². The fraction of sp³-hybridized carbons (Fsp3) is 0.459. The number of nitrogens with two attached hydrogens (primary N) is 1. The molecule has 3 aromatic rings. The van der Waals surface area contributed by atoms with Crippen molar-refractivity contribution in [3.8, 4) is 16.9 Å². The molecule has 2 aliphatic heterocycles.